The smallest absolute Gasteiger partial charge is 0.138 e. The molecule has 0 amide bonds. The van der Waals surface area contributed by atoms with Gasteiger partial charge in [-0.1, -0.05) is 24.3 Å². The number of benzene rings is 2. The summed E-state index contributed by atoms with van der Waals surface area (Å²) >= 11 is 0. The van der Waals surface area contributed by atoms with Crippen LogP contribution in [-0.4, -0.2) is 18.2 Å². The average molecular weight is 268 g/mol. The Kier molecular flexibility index (Phi) is 3.50. The summed E-state index contributed by atoms with van der Waals surface area (Å²) in [5, 5.41) is 9.42. The number of aromatic hydroxyl groups is 1. The summed E-state index contributed by atoms with van der Waals surface area (Å²) in [7, 11) is 0. The number of fused-ring (bicyclic) bond motifs is 1. The number of nitrogen functional groups attached to an aromatic ring is 1. The van der Waals surface area contributed by atoms with Gasteiger partial charge in [0.05, 0.1) is 5.69 Å². The van der Waals surface area contributed by atoms with Crippen LogP contribution < -0.4 is 10.6 Å². The van der Waals surface area contributed by atoms with Crippen molar-refractivity contribution in [1.82, 2.24) is 0 Å². The molecule has 3 heteroatoms. The highest BCUT2D eigenvalue weighted by atomic mass is 16.3. The molecule has 1 heterocycles. The zero-order valence-corrected chi connectivity index (χ0v) is 11.5. The van der Waals surface area contributed by atoms with Crippen molar-refractivity contribution in [1.29, 1.82) is 0 Å². The molecule has 2 aromatic rings. The molecule has 0 saturated heterocycles. The lowest BCUT2D eigenvalue weighted by molar-refractivity contribution is 0.477. The molecule has 0 aliphatic carbocycles. The van der Waals surface area contributed by atoms with Gasteiger partial charge in [0, 0.05) is 18.8 Å². The molecule has 0 bridgehead atoms. The fourth-order valence-electron chi connectivity index (χ4n) is 2.87. The molecule has 2 aromatic carbocycles. The Morgan fingerprint density at radius 3 is 2.85 bits per heavy atom. The molecule has 0 spiro atoms. The van der Waals surface area contributed by atoms with Crippen molar-refractivity contribution in [2.45, 2.75) is 19.3 Å². The van der Waals surface area contributed by atoms with Crippen LogP contribution in [0, 0.1) is 0 Å². The number of nitrogens with zero attached hydrogens (tertiary/aromatic N) is 1. The molecule has 0 aromatic heterocycles. The van der Waals surface area contributed by atoms with E-state index in [9.17, 15) is 5.11 Å². The van der Waals surface area contributed by atoms with Crippen LogP contribution in [0.3, 0.4) is 0 Å². The minimum atomic E-state index is 0.169. The average Bonchev–Trinajstić information content (AvgIpc) is 2.86. The molecular weight excluding hydrogens is 248 g/mol. The molecule has 0 fully saturated rings. The maximum atomic E-state index is 9.42. The van der Waals surface area contributed by atoms with Gasteiger partial charge in [-0.05, 0) is 48.6 Å². The Balaban J connectivity index is 1.57. The fraction of sp³-hybridized carbons (Fsp3) is 0.294. The number of para-hydroxylation sites is 1. The zero-order valence-electron chi connectivity index (χ0n) is 11.5. The lowest BCUT2D eigenvalue weighted by Gasteiger charge is -2.19. The van der Waals surface area contributed by atoms with Gasteiger partial charge in [-0.3, -0.25) is 0 Å². The van der Waals surface area contributed by atoms with Crippen molar-refractivity contribution in [2.24, 2.45) is 0 Å². The van der Waals surface area contributed by atoms with Gasteiger partial charge < -0.3 is 15.7 Å². The number of rotatable bonds is 4. The molecular formula is C17H20N2O. The first-order valence-corrected chi connectivity index (χ1v) is 7.14. The van der Waals surface area contributed by atoms with E-state index in [0.29, 0.717) is 5.69 Å². The molecule has 0 saturated carbocycles. The highest BCUT2D eigenvalue weighted by molar-refractivity contribution is 5.57. The van der Waals surface area contributed by atoms with Gasteiger partial charge in [-0.15, -0.1) is 0 Å². The van der Waals surface area contributed by atoms with E-state index >= 15 is 0 Å². The second-order valence-corrected chi connectivity index (χ2v) is 5.36. The van der Waals surface area contributed by atoms with Crippen LogP contribution in [0.15, 0.2) is 42.5 Å². The Hall–Kier alpha value is -2.16. The molecule has 3 nitrogen and oxygen atoms in total. The van der Waals surface area contributed by atoms with Crippen LogP contribution in [0.25, 0.3) is 0 Å². The fourth-order valence-corrected chi connectivity index (χ4v) is 2.87. The molecule has 104 valence electrons. The summed E-state index contributed by atoms with van der Waals surface area (Å²) in [6.07, 6.45) is 3.24. The molecule has 1 aliphatic heterocycles. The summed E-state index contributed by atoms with van der Waals surface area (Å²) in [5.74, 6) is 0.169. The van der Waals surface area contributed by atoms with E-state index < -0.39 is 0 Å². The van der Waals surface area contributed by atoms with E-state index in [0.717, 1.165) is 32.4 Å². The quantitative estimate of drug-likeness (QED) is 0.662. The van der Waals surface area contributed by atoms with Gasteiger partial charge >= 0.3 is 0 Å². The maximum absolute atomic E-state index is 9.42. The van der Waals surface area contributed by atoms with Crippen LogP contribution in [0.2, 0.25) is 0 Å². The van der Waals surface area contributed by atoms with E-state index in [4.69, 9.17) is 5.73 Å². The highest BCUT2D eigenvalue weighted by Gasteiger charge is 2.17. The largest absolute Gasteiger partial charge is 0.506 e. The maximum Gasteiger partial charge on any atom is 0.138 e. The second kappa shape index (κ2) is 5.45. The molecule has 0 unspecified atom stereocenters. The van der Waals surface area contributed by atoms with Crippen LogP contribution in [0.4, 0.5) is 11.4 Å². The molecule has 0 radical (unpaired) electrons. The van der Waals surface area contributed by atoms with E-state index in [1.165, 1.54) is 16.8 Å². The Morgan fingerprint density at radius 1 is 1.15 bits per heavy atom. The molecule has 20 heavy (non-hydrogen) atoms. The second-order valence-electron chi connectivity index (χ2n) is 5.36. The third kappa shape index (κ3) is 2.57. The van der Waals surface area contributed by atoms with E-state index in [2.05, 4.69) is 29.2 Å². The van der Waals surface area contributed by atoms with Gasteiger partial charge in [-0.2, -0.15) is 0 Å². The number of phenolic OH excluding ortho intramolecular Hbond substituents is 1. The van der Waals surface area contributed by atoms with Gasteiger partial charge in [0.15, 0.2) is 0 Å². The van der Waals surface area contributed by atoms with E-state index in [1.807, 2.05) is 12.1 Å². The van der Waals surface area contributed by atoms with Crippen LogP contribution in [0.1, 0.15) is 17.5 Å². The minimum absolute atomic E-state index is 0.169. The predicted molar refractivity (Wildman–Crippen MR) is 83.2 cm³/mol. The summed E-state index contributed by atoms with van der Waals surface area (Å²) in [5.41, 5.74) is 10.2. The van der Waals surface area contributed by atoms with Crippen molar-refractivity contribution in [2.75, 3.05) is 23.7 Å². The number of anilines is 2. The Morgan fingerprint density at radius 2 is 2.00 bits per heavy atom. The van der Waals surface area contributed by atoms with E-state index in [-0.39, 0.29) is 5.75 Å². The highest BCUT2D eigenvalue weighted by Crippen LogP contribution is 2.27. The number of nitrogens with two attached hydrogens (primary N) is 1. The first-order chi connectivity index (χ1) is 9.74. The Labute approximate surface area is 119 Å². The van der Waals surface area contributed by atoms with Crippen molar-refractivity contribution in [3.05, 3.63) is 53.6 Å². The van der Waals surface area contributed by atoms with Crippen LogP contribution in [-0.2, 0) is 12.8 Å². The van der Waals surface area contributed by atoms with Gasteiger partial charge in [0.2, 0.25) is 0 Å². The molecule has 3 rings (SSSR count). The van der Waals surface area contributed by atoms with Crippen molar-refractivity contribution in [3.8, 4) is 5.75 Å². The number of hydrogen-bond acceptors (Lipinski definition) is 3. The lowest BCUT2D eigenvalue weighted by Crippen LogP contribution is -2.22. The zero-order chi connectivity index (χ0) is 13.9. The standard InChI is InChI=1S/C17H20N2O/c18-15-12-13(7-8-17(15)20)4-3-10-19-11-9-14-5-1-2-6-16(14)19/h1-2,5-8,12,20H,3-4,9-11,18H2. The topological polar surface area (TPSA) is 49.5 Å². The molecule has 1 aliphatic rings. The lowest BCUT2D eigenvalue weighted by atomic mass is 10.1. The van der Waals surface area contributed by atoms with Gasteiger partial charge in [-0.25, -0.2) is 0 Å². The van der Waals surface area contributed by atoms with Crippen molar-refractivity contribution < 1.29 is 5.11 Å². The molecule has 3 N–H and O–H groups in total. The monoisotopic (exact) mass is 268 g/mol. The summed E-state index contributed by atoms with van der Waals surface area (Å²) < 4.78 is 0. The number of phenols is 1. The predicted octanol–water partition coefficient (Wildman–Crippen LogP) is 2.97. The van der Waals surface area contributed by atoms with Crippen molar-refractivity contribution in [3.63, 3.8) is 0 Å². The number of hydrogen-bond donors (Lipinski definition) is 2. The summed E-state index contributed by atoms with van der Waals surface area (Å²) in [4.78, 5) is 2.46. The van der Waals surface area contributed by atoms with Gasteiger partial charge in [0.1, 0.15) is 5.75 Å². The SMILES string of the molecule is Nc1cc(CCCN2CCc3ccccc32)ccc1O. The first kappa shape index (κ1) is 12.9. The summed E-state index contributed by atoms with van der Waals surface area (Å²) in [6.45, 7) is 2.19. The van der Waals surface area contributed by atoms with Crippen LogP contribution in [0.5, 0.6) is 5.75 Å². The third-order valence-electron chi connectivity index (χ3n) is 3.97. The minimum Gasteiger partial charge on any atom is -0.506 e. The normalized spacial score (nSPS) is 13.5. The molecule has 0 atom stereocenters. The van der Waals surface area contributed by atoms with Crippen molar-refractivity contribution >= 4 is 11.4 Å². The van der Waals surface area contributed by atoms with Crippen LogP contribution >= 0.6 is 0 Å². The third-order valence-corrected chi connectivity index (χ3v) is 3.97. The number of aryl methyl sites for hydroxylation is 1. The first-order valence-electron chi connectivity index (χ1n) is 7.14. The van der Waals surface area contributed by atoms with E-state index in [1.54, 1.807) is 6.07 Å². The summed E-state index contributed by atoms with van der Waals surface area (Å²) in [6, 6.07) is 14.1. The Bertz CT molecular complexity index is 610. The van der Waals surface area contributed by atoms with Gasteiger partial charge in [0.25, 0.3) is 0 Å².